The molecule has 0 aliphatic carbocycles. The Hall–Kier alpha value is -3.74. The fraction of sp³-hybridized carbons (Fsp3) is 0.308. The SMILES string of the molecule is CN=C(NCc1cccc(OCc2ccccn2)c1)N1CCc2cc(OC)c(OC)cc2C1. The van der Waals surface area contributed by atoms with E-state index in [1.807, 2.05) is 43.4 Å². The lowest BCUT2D eigenvalue weighted by molar-refractivity contribution is 0.301. The Morgan fingerprint density at radius 2 is 1.85 bits per heavy atom. The second kappa shape index (κ2) is 10.7. The molecule has 0 saturated carbocycles. The summed E-state index contributed by atoms with van der Waals surface area (Å²) in [6, 6.07) is 18.1. The van der Waals surface area contributed by atoms with Gasteiger partial charge in [-0.3, -0.25) is 9.98 Å². The molecule has 7 nitrogen and oxygen atoms in total. The zero-order valence-corrected chi connectivity index (χ0v) is 19.4. The average molecular weight is 447 g/mol. The second-order valence-electron chi connectivity index (χ2n) is 7.81. The predicted molar refractivity (Wildman–Crippen MR) is 129 cm³/mol. The molecule has 33 heavy (non-hydrogen) atoms. The van der Waals surface area contributed by atoms with Crippen molar-refractivity contribution in [2.45, 2.75) is 26.1 Å². The number of pyridine rings is 1. The Morgan fingerprint density at radius 1 is 1.03 bits per heavy atom. The lowest BCUT2D eigenvalue weighted by atomic mass is 9.99. The molecule has 1 aliphatic rings. The number of methoxy groups -OCH3 is 2. The van der Waals surface area contributed by atoms with E-state index in [1.54, 1.807) is 20.4 Å². The summed E-state index contributed by atoms with van der Waals surface area (Å²) in [7, 11) is 5.15. The zero-order chi connectivity index (χ0) is 23.0. The summed E-state index contributed by atoms with van der Waals surface area (Å²) in [6.45, 7) is 2.75. The van der Waals surface area contributed by atoms with Crippen LogP contribution in [0.5, 0.6) is 17.2 Å². The Bertz CT molecular complexity index is 1100. The van der Waals surface area contributed by atoms with Gasteiger partial charge in [0.15, 0.2) is 17.5 Å². The van der Waals surface area contributed by atoms with Gasteiger partial charge in [-0.05, 0) is 59.5 Å². The number of hydrogen-bond acceptors (Lipinski definition) is 5. The molecule has 0 spiro atoms. The fourth-order valence-corrected chi connectivity index (χ4v) is 3.96. The molecular weight excluding hydrogens is 416 g/mol. The van der Waals surface area contributed by atoms with Crippen molar-refractivity contribution in [3.63, 3.8) is 0 Å². The molecule has 1 aromatic heterocycles. The van der Waals surface area contributed by atoms with Crippen LogP contribution in [0.2, 0.25) is 0 Å². The van der Waals surface area contributed by atoms with Crippen LogP contribution in [0.15, 0.2) is 65.8 Å². The Balaban J connectivity index is 1.37. The van der Waals surface area contributed by atoms with Gasteiger partial charge >= 0.3 is 0 Å². The number of hydrogen-bond donors (Lipinski definition) is 1. The normalized spacial score (nSPS) is 13.3. The second-order valence-corrected chi connectivity index (χ2v) is 7.81. The number of ether oxygens (including phenoxy) is 3. The van der Waals surface area contributed by atoms with Crippen molar-refractivity contribution in [3.8, 4) is 17.2 Å². The Kier molecular flexibility index (Phi) is 7.29. The summed E-state index contributed by atoms with van der Waals surface area (Å²) in [4.78, 5) is 11.1. The van der Waals surface area contributed by atoms with Crippen molar-refractivity contribution in [3.05, 3.63) is 83.2 Å². The van der Waals surface area contributed by atoms with Gasteiger partial charge in [0, 0.05) is 32.9 Å². The van der Waals surface area contributed by atoms with Crippen LogP contribution >= 0.6 is 0 Å². The first-order valence-corrected chi connectivity index (χ1v) is 11.0. The number of rotatable bonds is 7. The minimum absolute atomic E-state index is 0.445. The van der Waals surface area contributed by atoms with Gasteiger partial charge in [-0.25, -0.2) is 0 Å². The number of nitrogens with zero attached hydrogens (tertiary/aromatic N) is 3. The predicted octanol–water partition coefficient (Wildman–Crippen LogP) is 3.81. The van der Waals surface area contributed by atoms with E-state index in [9.17, 15) is 0 Å². The van der Waals surface area contributed by atoms with Gasteiger partial charge < -0.3 is 24.4 Å². The first-order valence-electron chi connectivity index (χ1n) is 11.0. The fourth-order valence-electron chi connectivity index (χ4n) is 3.96. The number of benzene rings is 2. The van der Waals surface area contributed by atoms with Crippen molar-refractivity contribution < 1.29 is 14.2 Å². The maximum absolute atomic E-state index is 5.91. The quantitative estimate of drug-likeness (QED) is 0.440. The standard InChI is InChI=1S/C26H30N4O3/c1-27-26(30-12-10-20-14-24(31-2)25(32-3)15-21(20)17-30)29-16-19-7-6-9-23(13-19)33-18-22-8-4-5-11-28-22/h4-9,11,13-15H,10,12,16-18H2,1-3H3,(H,27,29). The average Bonchev–Trinajstić information content (AvgIpc) is 2.87. The van der Waals surface area contributed by atoms with E-state index >= 15 is 0 Å². The number of fused-ring (bicyclic) bond motifs is 1. The molecule has 1 N–H and O–H groups in total. The highest BCUT2D eigenvalue weighted by molar-refractivity contribution is 5.80. The molecule has 0 unspecified atom stereocenters. The van der Waals surface area contributed by atoms with Crippen LogP contribution in [-0.2, 0) is 26.1 Å². The highest BCUT2D eigenvalue weighted by Crippen LogP contribution is 2.33. The molecule has 1 aliphatic heterocycles. The van der Waals surface area contributed by atoms with E-state index < -0.39 is 0 Å². The van der Waals surface area contributed by atoms with E-state index in [0.29, 0.717) is 13.2 Å². The summed E-state index contributed by atoms with van der Waals surface area (Å²) in [5.74, 6) is 3.22. The van der Waals surface area contributed by atoms with Gasteiger partial charge in [0.05, 0.1) is 19.9 Å². The van der Waals surface area contributed by atoms with Gasteiger partial charge in [-0.1, -0.05) is 18.2 Å². The molecule has 0 bridgehead atoms. The number of guanidine groups is 1. The first kappa shape index (κ1) is 22.5. The maximum atomic E-state index is 5.91. The van der Waals surface area contributed by atoms with Gasteiger partial charge in [-0.15, -0.1) is 0 Å². The number of aromatic nitrogens is 1. The van der Waals surface area contributed by atoms with Crippen LogP contribution in [0.1, 0.15) is 22.4 Å². The highest BCUT2D eigenvalue weighted by Gasteiger charge is 2.21. The first-order chi connectivity index (χ1) is 16.2. The van der Waals surface area contributed by atoms with E-state index in [1.165, 1.54) is 11.1 Å². The van der Waals surface area contributed by atoms with Gasteiger partial charge in [0.1, 0.15) is 12.4 Å². The van der Waals surface area contributed by atoms with Crippen molar-refractivity contribution in [1.29, 1.82) is 0 Å². The maximum Gasteiger partial charge on any atom is 0.194 e. The third-order valence-electron chi connectivity index (χ3n) is 5.69. The highest BCUT2D eigenvalue weighted by atomic mass is 16.5. The molecule has 2 aromatic carbocycles. The van der Waals surface area contributed by atoms with Gasteiger partial charge in [0.25, 0.3) is 0 Å². The van der Waals surface area contributed by atoms with Crippen LogP contribution < -0.4 is 19.5 Å². The lowest BCUT2D eigenvalue weighted by Crippen LogP contribution is -2.43. The van der Waals surface area contributed by atoms with Crippen molar-refractivity contribution in [2.24, 2.45) is 4.99 Å². The Morgan fingerprint density at radius 3 is 2.58 bits per heavy atom. The van der Waals surface area contributed by atoms with Crippen LogP contribution in [0, 0.1) is 0 Å². The largest absolute Gasteiger partial charge is 0.493 e. The molecule has 0 radical (unpaired) electrons. The van der Waals surface area contributed by atoms with E-state index in [4.69, 9.17) is 14.2 Å². The third kappa shape index (κ3) is 5.55. The van der Waals surface area contributed by atoms with Gasteiger partial charge in [-0.2, -0.15) is 0 Å². The summed E-state index contributed by atoms with van der Waals surface area (Å²) in [5.41, 5.74) is 4.54. The minimum atomic E-state index is 0.445. The zero-order valence-electron chi connectivity index (χ0n) is 19.4. The third-order valence-corrected chi connectivity index (χ3v) is 5.69. The van der Waals surface area contributed by atoms with E-state index in [-0.39, 0.29) is 0 Å². The number of nitrogens with one attached hydrogen (secondary N) is 1. The topological polar surface area (TPSA) is 68.2 Å². The molecule has 4 rings (SSSR count). The van der Waals surface area contributed by atoms with Crippen molar-refractivity contribution in [1.82, 2.24) is 15.2 Å². The molecular formula is C26H30N4O3. The van der Waals surface area contributed by atoms with Crippen LogP contribution in [0.3, 0.4) is 0 Å². The van der Waals surface area contributed by atoms with Crippen LogP contribution in [0.25, 0.3) is 0 Å². The molecule has 0 fully saturated rings. The molecule has 0 amide bonds. The van der Waals surface area contributed by atoms with E-state index in [0.717, 1.165) is 54.0 Å². The molecule has 0 saturated heterocycles. The van der Waals surface area contributed by atoms with Crippen LogP contribution in [-0.4, -0.2) is 43.7 Å². The smallest absolute Gasteiger partial charge is 0.194 e. The summed E-state index contributed by atoms with van der Waals surface area (Å²) in [5, 5.41) is 3.49. The monoisotopic (exact) mass is 446 g/mol. The molecule has 2 heterocycles. The number of aliphatic imine (C=N–C) groups is 1. The van der Waals surface area contributed by atoms with E-state index in [2.05, 4.69) is 38.4 Å². The molecule has 172 valence electrons. The lowest BCUT2D eigenvalue weighted by Gasteiger charge is -2.32. The minimum Gasteiger partial charge on any atom is -0.493 e. The molecule has 3 aromatic rings. The van der Waals surface area contributed by atoms with Crippen molar-refractivity contribution >= 4 is 5.96 Å². The van der Waals surface area contributed by atoms with Crippen LogP contribution in [0.4, 0.5) is 0 Å². The summed E-state index contributed by atoms with van der Waals surface area (Å²) in [6.07, 6.45) is 2.70. The van der Waals surface area contributed by atoms with Crippen molar-refractivity contribution in [2.75, 3.05) is 27.8 Å². The molecule has 7 heteroatoms. The summed E-state index contributed by atoms with van der Waals surface area (Å²) < 4.78 is 16.8. The Labute approximate surface area is 195 Å². The molecule has 0 atom stereocenters. The van der Waals surface area contributed by atoms with Gasteiger partial charge in [0.2, 0.25) is 0 Å². The summed E-state index contributed by atoms with van der Waals surface area (Å²) >= 11 is 0.